The highest BCUT2D eigenvalue weighted by Crippen LogP contribution is 2.24. The van der Waals surface area contributed by atoms with Crippen molar-refractivity contribution in [3.05, 3.63) is 29.8 Å². The van der Waals surface area contributed by atoms with E-state index in [1.54, 1.807) is 12.1 Å². The van der Waals surface area contributed by atoms with E-state index in [1.807, 2.05) is 4.90 Å². The first-order valence-electron chi connectivity index (χ1n) is 5.52. The van der Waals surface area contributed by atoms with Crippen molar-refractivity contribution >= 4 is 5.97 Å². The van der Waals surface area contributed by atoms with Gasteiger partial charge in [0.1, 0.15) is 11.8 Å². The molecule has 0 amide bonds. The maximum absolute atomic E-state index is 11.3. The summed E-state index contributed by atoms with van der Waals surface area (Å²) in [6.45, 7) is 2.27. The third-order valence-electron chi connectivity index (χ3n) is 2.83. The predicted molar refractivity (Wildman–Crippen MR) is 60.9 cm³/mol. The number of phenolic OH excluding ortho intramolecular Hbond substituents is 1. The molecule has 1 aromatic rings. The number of aliphatic carboxylic acids is 1. The van der Waals surface area contributed by atoms with Crippen LogP contribution in [0.5, 0.6) is 5.75 Å². The van der Waals surface area contributed by atoms with E-state index in [9.17, 15) is 15.0 Å². The van der Waals surface area contributed by atoms with Crippen LogP contribution in [0.2, 0.25) is 0 Å². The highest BCUT2D eigenvalue weighted by molar-refractivity contribution is 5.75. The van der Waals surface area contributed by atoms with Gasteiger partial charge < -0.3 is 14.9 Å². The monoisotopic (exact) mass is 237 g/mol. The number of ether oxygens (including phenoxy) is 1. The first kappa shape index (κ1) is 11.9. The molecule has 5 heteroatoms. The maximum atomic E-state index is 11.3. The molecular weight excluding hydrogens is 222 g/mol. The van der Waals surface area contributed by atoms with Crippen molar-refractivity contribution < 1.29 is 19.7 Å². The Labute approximate surface area is 99.2 Å². The van der Waals surface area contributed by atoms with E-state index in [0.29, 0.717) is 31.9 Å². The molecule has 1 fully saturated rings. The molecule has 0 aromatic heterocycles. The van der Waals surface area contributed by atoms with E-state index in [1.165, 1.54) is 12.1 Å². The summed E-state index contributed by atoms with van der Waals surface area (Å²) in [5.74, 6) is -0.820. The molecule has 1 aromatic carbocycles. The fourth-order valence-electron chi connectivity index (χ4n) is 2.04. The van der Waals surface area contributed by atoms with Gasteiger partial charge in [-0.3, -0.25) is 9.69 Å². The Morgan fingerprint density at radius 1 is 1.35 bits per heavy atom. The van der Waals surface area contributed by atoms with Crippen LogP contribution in [0.1, 0.15) is 11.6 Å². The number of rotatable bonds is 3. The van der Waals surface area contributed by atoms with E-state index in [4.69, 9.17) is 4.74 Å². The molecule has 1 atom stereocenters. The Kier molecular flexibility index (Phi) is 3.61. The zero-order chi connectivity index (χ0) is 12.3. The van der Waals surface area contributed by atoms with Gasteiger partial charge in [-0.15, -0.1) is 0 Å². The molecule has 0 bridgehead atoms. The molecule has 2 rings (SSSR count). The summed E-state index contributed by atoms with van der Waals surface area (Å²) in [7, 11) is 0. The highest BCUT2D eigenvalue weighted by atomic mass is 16.5. The van der Waals surface area contributed by atoms with Crippen molar-refractivity contribution in [1.82, 2.24) is 4.90 Å². The van der Waals surface area contributed by atoms with Crippen LogP contribution in [0.3, 0.4) is 0 Å². The first-order valence-corrected chi connectivity index (χ1v) is 5.52. The minimum Gasteiger partial charge on any atom is -0.508 e. The molecule has 1 heterocycles. The first-order chi connectivity index (χ1) is 8.18. The Morgan fingerprint density at radius 3 is 2.65 bits per heavy atom. The summed E-state index contributed by atoms with van der Waals surface area (Å²) >= 11 is 0. The molecule has 1 unspecified atom stereocenters. The Bertz CT molecular complexity index is 401. The molecule has 1 aliphatic heterocycles. The van der Waals surface area contributed by atoms with Crippen molar-refractivity contribution in [1.29, 1.82) is 0 Å². The van der Waals surface area contributed by atoms with Crippen LogP contribution < -0.4 is 0 Å². The quantitative estimate of drug-likeness (QED) is 0.815. The molecule has 1 saturated heterocycles. The van der Waals surface area contributed by atoms with Crippen molar-refractivity contribution in [3.63, 3.8) is 0 Å². The SMILES string of the molecule is O=C(O)C(c1cccc(O)c1)N1CCOCC1. The average Bonchev–Trinajstić information content (AvgIpc) is 2.30. The lowest BCUT2D eigenvalue weighted by atomic mass is 10.0. The molecule has 0 saturated carbocycles. The lowest BCUT2D eigenvalue weighted by Crippen LogP contribution is -2.42. The standard InChI is InChI=1S/C12H15NO4/c14-10-3-1-2-9(8-10)11(12(15)16)13-4-6-17-7-5-13/h1-3,8,11,14H,4-7H2,(H,15,16). The summed E-state index contributed by atoms with van der Waals surface area (Å²) in [6, 6.07) is 5.68. The van der Waals surface area contributed by atoms with E-state index in [2.05, 4.69) is 0 Å². The van der Waals surface area contributed by atoms with Crippen LogP contribution in [0.15, 0.2) is 24.3 Å². The Hall–Kier alpha value is -1.59. The summed E-state index contributed by atoms with van der Waals surface area (Å²) in [5, 5.41) is 18.7. The molecule has 1 aliphatic rings. The van der Waals surface area contributed by atoms with E-state index < -0.39 is 12.0 Å². The van der Waals surface area contributed by atoms with Gasteiger partial charge in [0, 0.05) is 13.1 Å². The van der Waals surface area contributed by atoms with Crippen LogP contribution in [0.25, 0.3) is 0 Å². The third-order valence-corrected chi connectivity index (χ3v) is 2.83. The van der Waals surface area contributed by atoms with Gasteiger partial charge in [0.05, 0.1) is 13.2 Å². The van der Waals surface area contributed by atoms with Gasteiger partial charge in [-0.2, -0.15) is 0 Å². The number of hydrogen-bond donors (Lipinski definition) is 2. The number of benzene rings is 1. The van der Waals surface area contributed by atoms with Crippen molar-refractivity contribution in [2.75, 3.05) is 26.3 Å². The number of phenols is 1. The lowest BCUT2D eigenvalue weighted by Gasteiger charge is -2.32. The molecule has 5 nitrogen and oxygen atoms in total. The summed E-state index contributed by atoms with van der Waals surface area (Å²) in [5.41, 5.74) is 0.597. The van der Waals surface area contributed by atoms with Crippen LogP contribution in [-0.4, -0.2) is 47.4 Å². The maximum Gasteiger partial charge on any atom is 0.325 e. The number of nitrogens with zero attached hydrogens (tertiary/aromatic N) is 1. The minimum absolute atomic E-state index is 0.0852. The third kappa shape index (κ3) is 2.75. The predicted octanol–water partition coefficient (Wildman–Crippen LogP) is 0.850. The lowest BCUT2D eigenvalue weighted by molar-refractivity contribution is -0.145. The molecular formula is C12H15NO4. The molecule has 0 aliphatic carbocycles. The summed E-state index contributed by atoms with van der Waals surface area (Å²) < 4.78 is 5.21. The van der Waals surface area contributed by atoms with Gasteiger partial charge in [-0.25, -0.2) is 0 Å². The number of aromatic hydroxyl groups is 1. The highest BCUT2D eigenvalue weighted by Gasteiger charge is 2.28. The van der Waals surface area contributed by atoms with Gasteiger partial charge in [-0.05, 0) is 17.7 Å². The largest absolute Gasteiger partial charge is 0.508 e. The van der Waals surface area contributed by atoms with Crippen molar-refractivity contribution in [2.24, 2.45) is 0 Å². The average molecular weight is 237 g/mol. The minimum atomic E-state index is -0.905. The number of carbonyl (C=O) groups is 1. The van der Waals surface area contributed by atoms with E-state index in [-0.39, 0.29) is 5.75 Å². The van der Waals surface area contributed by atoms with Crippen LogP contribution in [-0.2, 0) is 9.53 Å². The Morgan fingerprint density at radius 2 is 2.06 bits per heavy atom. The number of morpholine rings is 1. The number of carboxylic acid groups (broad SMARTS) is 1. The van der Waals surface area contributed by atoms with Crippen molar-refractivity contribution in [2.45, 2.75) is 6.04 Å². The van der Waals surface area contributed by atoms with Gasteiger partial charge in [0.15, 0.2) is 0 Å². The van der Waals surface area contributed by atoms with Gasteiger partial charge in [0.25, 0.3) is 0 Å². The molecule has 17 heavy (non-hydrogen) atoms. The van der Waals surface area contributed by atoms with Crippen molar-refractivity contribution in [3.8, 4) is 5.75 Å². The number of carboxylic acids is 1. The fourth-order valence-corrected chi connectivity index (χ4v) is 2.04. The number of hydrogen-bond acceptors (Lipinski definition) is 4. The molecule has 2 N–H and O–H groups in total. The van der Waals surface area contributed by atoms with Gasteiger partial charge >= 0.3 is 5.97 Å². The van der Waals surface area contributed by atoms with E-state index in [0.717, 1.165) is 0 Å². The van der Waals surface area contributed by atoms with Crippen LogP contribution in [0.4, 0.5) is 0 Å². The molecule has 92 valence electrons. The second kappa shape index (κ2) is 5.16. The Balaban J connectivity index is 2.25. The zero-order valence-electron chi connectivity index (χ0n) is 9.37. The second-order valence-corrected chi connectivity index (χ2v) is 3.98. The normalized spacial score (nSPS) is 18.8. The topological polar surface area (TPSA) is 70.0 Å². The molecule has 0 radical (unpaired) electrons. The second-order valence-electron chi connectivity index (χ2n) is 3.98. The van der Waals surface area contributed by atoms with Gasteiger partial charge in [-0.1, -0.05) is 12.1 Å². The fraction of sp³-hybridized carbons (Fsp3) is 0.417. The summed E-state index contributed by atoms with van der Waals surface area (Å²) in [4.78, 5) is 13.2. The summed E-state index contributed by atoms with van der Waals surface area (Å²) in [6.07, 6.45) is 0. The van der Waals surface area contributed by atoms with Gasteiger partial charge in [0.2, 0.25) is 0 Å². The van der Waals surface area contributed by atoms with E-state index >= 15 is 0 Å². The molecule has 0 spiro atoms. The zero-order valence-corrected chi connectivity index (χ0v) is 9.37. The smallest absolute Gasteiger partial charge is 0.325 e. The van der Waals surface area contributed by atoms with Crippen LogP contribution in [0, 0.1) is 0 Å². The van der Waals surface area contributed by atoms with Crippen LogP contribution >= 0.6 is 0 Å².